The lowest BCUT2D eigenvalue weighted by Gasteiger charge is -2.28. The predicted octanol–water partition coefficient (Wildman–Crippen LogP) is 2.21. The lowest BCUT2D eigenvalue weighted by atomic mass is 10.3. The van der Waals surface area contributed by atoms with E-state index in [0.29, 0.717) is 26.2 Å². The molecule has 3 rings (SSSR count). The van der Waals surface area contributed by atoms with E-state index in [4.69, 9.17) is 16.3 Å². The van der Waals surface area contributed by atoms with Crippen molar-refractivity contribution < 1.29 is 9.53 Å². The van der Waals surface area contributed by atoms with E-state index in [2.05, 4.69) is 20.2 Å². The average Bonchev–Trinajstić information content (AvgIpc) is 2.95. The molecular weight excluding hydrogens is 324 g/mol. The normalized spacial score (nSPS) is 15.3. The molecule has 1 amide bonds. The van der Waals surface area contributed by atoms with Gasteiger partial charge < -0.3 is 15.0 Å². The summed E-state index contributed by atoms with van der Waals surface area (Å²) in [5, 5.41) is 3.13. The number of rotatable bonds is 4. The molecule has 118 valence electrons. The molecule has 2 aromatic rings. The van der Waals surface area contributed by atoms with Gasteiger partial charge in [-0.2, -0.15) is 4.98 Å². The minimum Gasteiger partial charge on any atom is -0.378 e. The molecule has 0 spiro atoms. The number of carbonyl (C=O) groups excluding carboxylic acids is 1. The van der Waals surface area contributed by atoms with Crippen molar-refractivity contribution in [2.45, 2.75) is 19.9 Å². The van der Waals surface area contributed by atoms with Crippen molar-refractivity contribution in [3.05, 3.63) is 16.2 Å². The highest BCUT2D eigenvalue weighted by molar-refractivity contribution is 7.19. The van der Waals surface area contributed by atoms with Gasteiger partial charge in [-0.25, -0.2) is 4.98 Å². The zero-order valence-corrected chi connectivity index (χ0v) is 13.8. The predicted molar refractivity (Wildman–Crippen MR) is 87.6 cm³/mol. The van der Waals surface area contributed by atoms with Crippen LogP contribution in [0.5, 0.6) is 0 Å². The first-order valence-electron chi connectivity index (χ1n) is 7.22. The lowest BCUT2D eigenvalue weighted by Crippen LogP contribution is -2.36. The molecule has 1 aliphatic heterocycles. The molecule has 22 heavy (non-hydrogen) atoms. The van der Waals surface area contributed by atoms with E-state index in [1.54, 1.807) is 11.3 Å². The van der Waals surface area contributed by atoms with Gasteiger partial charge in [-0.05, 0) is 17.7 Å². The Morgan fingerprint density at radius 3 is 2.95 bits per heavy atom. The molecule has 0 radical (unpaired) electrons. The van der Waals surface area contributed by atoms with Gasteiger partial charge in [0.1, 0.15) is 0 Å². The minimum absolute atomic E-state index is 0.0370. The van der Waals surface area contributed by atoms with Gasteiger partial charge in [-0.3, -0.25) is 4.79 Å². The van der Waals surface area contributed by atoms with E-state index < -0.39 is 0 Å². The number of nitrogens with one attached hydrogen (secondary N) is 1. The van der Waals surface area contributed by atoms with Crippen LogP contribution in [0.3, 0.4) is 0 Å². The summed E-state index contributed by atoms with van der Waals surface area (Å²) in [7, 11) is 0. The fourth-order valence-electron chi connectivity index (χ4n) is 2.32. The number of fused-ring (bicyclic) bond motifs is 1. The molecule has 1 N–H and O–H groups in total. The van der Waals surface area contributed by atoms with Crippen LogP contribution in [0.4, 0.5) is 5.82 Å². The fourth-order valence-corrected chi connectivity index (χ4v) is 3.55. The van der Waals surface area contributed by atoms with Gasteiger partial charge >= 0.3 is 0 Å². The SMILES string of the molecule is CCC(=O)NCc1cc2nc(Cl)nc(N3CCOCC3)c2s1. The highest BCUT2D eigenvalue weighted by Crippen LogP contribution is 2.33. The van der Waals surface area contributed by atoms with E-state index in [9.17, 15) is 4.79 Å². The number of anilines is 1. The van der Waals surface area contributed by atoms with Gasteiger partial charge in [0.25, 0.3) is 0 Å². The summed E-state index contributed by atoms with van der Waals surface area (Å²) in [6, 6.07) is 1.97. The molecule has 1 fully saturated rings. The number of morpholine rings is 1. The molecule has 0 saturated carbocycles. The molecule has 0 aliphatic carbocycles. The lowest BCUT2D eigenvalue weighted by molar-refractivity contribution is -0.120. The highest BCUT2D eigenvalue weighted by Gasteiger charge is 2.19. The molecule has 0 unspecified atom stereocenters. The highest BCUT2D eigenvalue weighted by atomic mass is 35.5. The van der Waals surface area contributed by atoms with Gasteiger partial charge in [0.2, 0.25) is 11.2 Å². The van der Waals surface area contributed by atoms with Crippen LogP contribution in [0.1, 0.15) is 18.2 Å². The second-order valence-electron chi connectivity index (χ2n) is 4.97. The van der Waals surface area contributed by atoms with Crippen molar-refractivity contribution in [1.82, 2.24) is 15.3 Å². The van der Waals surface area contributed by atoms with Crippen LogP contribution in [-0.4, -0.2) is 42.2 Å². The van der Waals surface area contributed by atoms with Crippen LogP contribution in [-0.2, 0) is 16.1 Å². The van der Waals surface area contributed by atoms with Gasteiger partial charge in [-0.15, -0.1) is 11.3 Å². The molecule has 3 heterocycles. The van der Waals surface area contributed by atoms with Crippen LogP contribution < -0.4 is 10.2 Å². The molecule has 8 heteroatoms. The van der Waals surface area contributed by atoms with E-state index in [0.717, 1.165) is 34.0 Å². The van der Waals surface area contributed by atoms with E-state index in [-0.39, 0.29) is 11.2 Å². The summed E-state index contributed by atoms with van der Waals surface area (Å²) in [6.45, 7) is 5.31. The summed E-state index contributed by atoms with van der Waals surface area (Å²) in [6.07, 6.45) is 0.482. The van der Waals surface area contributed by atoms with Crippen molar-refractivity contribution in [3.63, 3.8) is 0 Å². The molecule has 2 aromatic heterocycles. The number of nitrogens with zero attached hydrogens (tertiary/aromatic N) is 3. The minimum atomic E-state index is 0.0370. The largest absolute Gasteiger partial charge is 0.378 e. The van der Waals surface area contributed by atoms with Crippen molar-refractivity contribution in [1.29, 1.82) is 0 Å². The molecule has 1 saturated heterocycles. The van der Waals surface area contributed by atoms with Crippen LogP contribution in [0.15, 0.2) is 6.07 Å². The number of carbonyl (C=O) groups is 1. The number of halogens is 1. The molecule has 6 nitrogen and oxygen atoms in total. The number of aromatic nitrogens is 2. The first-order valence-corrected chi connectivity index (χ1v) is 8.42. The van der Waals surface area contributed by atoms with Crippen LogP contribution >= 0.6 is 22.9 Å². The fraction of sp³-hybridized carbons (Fsp3) is 0.500. The van der Waals surface area contributed by atoms with Crippen molar-refractivity contribution in [2.75, 3.05) is 31.2 Å². The summed E-state index contributed by atoms with van der Waals surface area (Å²) in [5.41, 5.74) is 0.826. The molecule has 0 atom stereocenters. The van der Waals surface area contributed by atoms with E-state index in [1.807, 2.05) is 13.0 Å². The summed E-state index contributed by atoms with van der Waals surface area (Å²) < 4.78 is 6.39. The average molecular weight is 341 g/mol. The Bertz CT molecular complexity index is 685. The molecule has 0 aromatic carbocycles. The Labute approximate surface area is 137 Å². The van der Waals surface area contributed by atoms with Crippen molar-refractivity contribution in [2.24, 2.45) is 0 Å². The summed E-state index contributed by atoms with van der Waals surface area (Å²) in [5.74, 6) is 0.895. The third-order valence-electron chi connectivity index (χ3n) is 3.47. The Morgan fingerprint density at radius 2 is 2.23 bits per heavy atom. The molecule has 1 aliphatic rings. The zero-order valence-electron chi connectivity index (χ0n) is 12.3. The Hall–Kier alpha value is -1.44. The van der Waals surface area contributed by atoms with Crippen molar-refractivity contribution in [3.8, 4) is 0 Å². The first-order chi connectivity index (χ1) is 10.7. The van der Waals surface area contributed by atoms with Crippen LogP contribution in [0.25, 0.3) is 10.2 Å². The van der Waals surface area contributed by atoms with Gasteiger partial charge in [0.15, 0.2) is 5.82 Å². The summed E-state index contributed by atoms with van der Waals surface area (Å²) >= 11 is 7.65. The topological polar surface area (TPSA) is 67.4 Å². The monoisotopic (exact) mass is 340 g/mol. The van der Waals surface area contributed by atoms with Crippen LogP contribution in [0, 0.1) is 0 Å². The number of ether oxygens (including phenoxy) is 1. The zero-order chi connectivity index (χ0) is 15.5. The van der Waals surface area contributed by atoms with Gasteiger partial charge in [-0.1, -0.05) is 6.92 Å². The standard InChI is InChI=1S/C14H17ClN4O2S/c1-2-11(20)16-8-9-7-10-12(22-9)13(18-14(15)17-10)19-3-5-21-6-4-19/h7H,2-6,8H2,1H3,(H,16,20). The summed E-state index contributed by atoms with van der Waals surface area (Å²) in [4.78, 5) is 23.3. The van der Waals surface area contributed by atoms with Gasteiger partial charge in [0.05, 0.1) is 30.0 Å². The maximum Gasteiger partial charge on any atom is 0.224 e. The van der Waals surface area contributed by atoms with E-state index in [1.165, 1.54) is 0 Å². The van der Waals surface area contributed by atoms with E-state index >= 15 is 0 Å². The Balaban J connectivity index is 1.90. The molecular formula is C14H17ClN4O2S. The maximum atomic E-state index is 11.4. The second-order valence-corrected chi connectivity index (χ2v) is 6.45. The maximum absolute atomic E-state index is 11.4. The quantitative estimate of drug-likeness (QED) is 0.864. The number of hydrogen-bond donors (Lipinski definition) is 1. The Morgan fingerprint density at radius 1 is 1.45 bits per heavy atom. The smallest absolute Gasteiger partial charge is 0.224 e. The van der Waals surface area contributed by atoms with Crippen molar-refractivity contribution >= 4 is 44.9 Å². The Kier molecular flexibility index (Phi) is 4.75. The second kappa shape index (κ2) is 6.76. The first kappa shape index (κ1) is 15.5. The number of hydrogen-bond acceptors (Lipinski definition) is 6. The number of amides is 1. The van der Waals surface area contributed by atoms with Crippen LogP contribution in [0.2, 0.25) is 5.28 Å². The van der Waals surface area contributed by atoms with Gasteiger partial charge in [0, 0.05) is 24.4 Å². The molecule has 0 bridgehead atoms. The third kappa shape index (κ3) is 3.31. The number of thiophene rings is 1. The third-order valence-corrected chi connectivity index (χ3v) is 4.76.